The van der Waals surface area contributed by atoms with Gasteiger partial charge in [-0.3, -0.25) is 0 Å². The summed E-state index contributed by atoms with van der Waals surface area (Å²) < 4.78 is 10.1. The Morgan fingerprint density at radius 1 is 1.41 bits per heavy atom. The molecule has 1 aromatic rings. The molecule has 1 aromatic heterocycles. The third kappa shape index (κ3) is 2.91. The molecule has 1 aliphatic heterocycles. The predicted octanol–water partition coefficient (Wildman–Crippen LogP) is -2.99. The summed E-state index contributed by atoms with van der Waals surface area (Å²) in [6, 6.07) is 2.94. The maximum atomic E-state index is 10.9. The second-order valence-electron chi connectivity index (χ2n) is 3.04. The van der Waals surface area contributed by atoms with Crippen molar-refractivity contribution in [1.29, 1.82) is 0 Å². The molecule has 0 atom stereocenters. The second-order valence-corrected chi connectivity index (χ2v) is 3.04. The van der Waals surface area contributed by atoms with Gasteiger partial charge in [-0.25, -0.2) is 4.98 Å². The molecule has 0 spiro atoms. The Bertz CT molecular complexity index is 442. The zero-order valence-corrected chi connectivity index (χ0v) is 11.5. The molecule has 17 heavy (non-hydrogen) atoms. The van der Waals surface area contributed by atoms with E-state index in [2.05, 4.69) is 10.3 Å². The summed E-state index contributed by atoms with van der Waals surface area (Å²) in [5.41, 5.74) is 0.129. The van der Waals surface area contributed by atoms with Crippen molar-refractivity contribution in [2.75, 3.05) is 12.4 Å². The van der Waals surface area contributed by atoms with Crippen molar-refractivity contribution in [2.45, 2.75) is 6.29 Å². The average Bonchev–Trinajstić information content (AvgIpc) is 2.81. The van der Waals surface area contributed by atoms with E-state index in [1.807, 2.05) is 0 Å². The van der Waals surface area contributed by atoms with Gasteiger partial charge in [-0.1, -0.05) is 0 Å². The predicted molar refractivity (Wildman–Crippen MR) is 52.2 cm³/mol. The molecule has 1 N–H and O–H groups in total. The molecule has 0 amide bonds. The molecule has 0 aromatic carbocycles. The number of pyridine rings is 1. The fourth-order valence-corrected chi connectivity index (χ4v) is 1.33. The van der Waals surface area contributed by atoms with Crippen molar-refractivity contribution >= 4 is 11.8 Å². The largest absolute Gasteiger partial charge is 1.00 e. The normalized spacial score (nSPS) is 13.5. The molecule has 2 heterocycles. The third-order valence-electron chi connectivity index (χ3n) is 2.08. The zero-order valence-electron chi connectivity index (χ0n) is 9.47. The average molecular weight is 244 g/mol. The van der Waals surface area contributed by atoms with Crippen LogP contribution in [0.2, 0.25) is 0 Å². The first-order valence-corrected chi connectivity index (χ1v) is 4.58. The van der Waals surface area contributed by atoms with Gasteiger partial charge < -0.3 is 24.7 Å². The van der Waals surface area contributed by atoms with Crippen LogP contribution in [0.3, 0.4) is 0 Å². The molecule has 2 rings (SSSR count). The van der Waals surface area contributed by atoms with Gasteiger partial charge in [0, 0.05) is 12.6 Å². The summed E-state index contributed by atoms with van der Waals surface area (Å²) in [4.78, 5) is 14.9. The SMILES string of the molecule is CNc1ccc(C(=O)[O-])c(C2OC=CO2)n1.[Na+]. The van der Waals surface area contributed by atoms with Gasteiger partial charge in [0.05, 0.1) is 5.97 Å². The van der Waals surface area contributed by atoms with Crippen molar-refractivity contribution in [1.82, 2.24) is 4.98 Å². The summed E-state index contributed by atoms with van der Waals surface area (Å²) in [5, 5.41) is 13.7. The van der Waals surface area contributed by atoms with Crippen LogP contribution in [0.5, 0.6) is 0 Å². The van der Waals surface area contributed by atoms with Crippen molar-refractivity contribution in [2.24, 2.45) is 0 Å². The molecule has 0 unspecified atom stereocenters. The van der Waals surface area contributed by atoms with Crippen molar-refractivity contribution in [3.05, 3.63) is 35.9 Å². The van der Waals surface area contributed by atoms with E-state index in [1.54, 1.807) is 7.05 Å². The molecule has 84 valence electrons. The van der Waals surface area contributed by atoms with Gasteiger partial charge in [0.25, 0.3) is 6.29 Å². The van der Waals surface area contributed by atoms with E-state index < -0.39 is 12.3 Å². The molecule has 0 saturated carbocycles. The van der Waals surface area contributed by atoms with Crippen LogP contribution in [0.15, 0.2) is 24.7 Å². The van der Waals surface area contributed by atoms with Crippen molar-refractivity contribution < 1.29 is 48.9 Å². The minimum absolute atomic E-state index is 0. The molecule has 0 aliphatic carbocycles. The van der Waals surface area contributed by atoms with Gasteiger partial charge in [-0.2, -0.15) is 0 Å². The number of carbonyl (C=O) groups is 1. The first kappa shape index (κ1) is 13.8. The van der Waals surface area contributed by atoms with E-state index in [-0.39, 0.29) is 40.8 Å². The molecule has 1 aliphatic rings. The monoisotopic (exact) mass is 244 g/mol. The van der Waals surface area contributed by atoms with Gasteiger partial charge in [0.15, 0.2) is 0 Å². The van der Waals surface area contributed by atoms with Crippen LogP contribution < -0.4 is 40.0 Å². The minimum atomic E-state index is -1.32. The Morgan fingerprint density at radius 2 is 2.06 bits per heavy atom. The van der Waals surface area contributed by atoms with Gasteiger partial charge in [0.1, 0.15) is 24.0 Å². The molecule has 7 heteroatoms. The number of carboxylic acids is 1. The van der Waals surface area contributed by atoms with Crippen molar-refractivity contribution in [3.63, 3.8) is 0 Å². The van der Waals surface area contributed by atoms with E-state index in [9.17, 15) is 9.90 Å². The van der Waals surface area contributed by atoms with Crippen LogP contribution in [-0.4, -0.2) is 18.0 Å². The summed E-state index contributed by atoms with van der Waals surface area (Å²) >= 11 is 0. The number of aromatic carboxylic acids is 1. The van der Waals surface area contributed by atoms with Crippen LogP contribution in [0, 0.1) is 0 Å². The number of nitrogens with one attached hydrogen (secondary N) is 1. The Hall–Kier alpha value is -1.24. The van der Waals surface area contributed by atoms with Crippen LogP contribution in [-0.2, 0) is 9.47 Å². The number of nitrogens with zero attached hydrogens (tertiary/aromatic N) is 1. The number of hydrogen-bond acceptors (Lipinski definition) is 6. The third-order valence-corrected chi connectivity index (χ3v) is 2.08. The fourth-order valence-electron chi connectivity index (χ4n) is 1.33. The Labute approximate surface area is 120 Å². The van der Waals surface area contributed by atoms with E-state index in [4.69, 9.17) is 9.47 Å². The molecular weight excluding hydrogens is 235 g/mol. The molecule has 0 fully saturated rings. The van der Waals surface area contributed by atoms with Crippen LogP contribution >= 0.6 is 0 Å². The van der Waals surface area contributed by atoms with Crippen LogP contribution in [0.25, 0.3) is 0 Å². The van der Waals surface area contributed by atoms with Crippen LogP contribution in [0.1, 0.15) is 22.3 Å². The molecule has 6 nitrogen and oxygen atoms in total. The number of carbonyl (C=O) groups excluding carboxylic acids is 1. The summed E-state index contributed by atoms with van der Waals surface area (Å²) in [7, 11) is 1.68. The van der Waals surface area contributed by atoms with Gasteiger partial charge >= 0.3 is 29.6 Å². The minimum Gasteiger partial charge on any atom is -0.545 e. The number of carboxylic acid groups (broad SMARTS) is 1. The smallest absolute Gasteiger partial charge is 0.545 e. The van der Waals surface area contributed by atoms with Gasteiger partial charge in [-0.05, 0) is 12.1 Å². The van der Waals surface area contributed by atoms with E-state index >= 15 is 0 Å². The Morgan fingerprint density at radius 3 is 2.59 bits per heavy atom. The maximum Gasteiger partial charge on any atom is 1.00 e. The Balaban J connectivity index is 0.00000144. The zero-order chi connectivity index (χ0) is 11.5. The van der Waals surface area contributed by atoms with Gasteiger partial charge in [0.2, 0.25) is 0 Å². The van der Waals surface area contributed by atoms with Crippen LogP contribution in [0.4, 0.5) is 5.82 Å². The summed E-state index contributed by atoms with van der Waals surface area (Å²) in [6.07, 6.45) is 1.83. The number of ether oxygens (including phenoxy) is 2. The first-order chi connectivity index (χ1) is 7.72. The van der Waals surface area contributed by atoms with E-state index in [0.717, 1.165) is 0 Å². The maximum absolute atomic E-state index is 10.9. The first-order valence-electron chi connectivity index (χ1n) is 4.58. The standard InChI is InChI=1S/C10H10N2O4.Na/c1-11-7-3-2-6(9(13)14)8(12-7)10-15-4-5-16-10;/h2-5,10H,1H3,(H,11,12)(H,13,14);/q;+1/p-1. The van der Waals surface area contributed by atoms with E-state index in [0.29, 0.717) is 5.82 Å². The molecule has 0 radical (unpaired) electrons. The molecular formula is C10H9N2NaO4. The number of anilines is 1. The van der Waals surface area contributed by atoms with Gasteiger partial charge in [-0.15, -0.1) is 0 Å². The fraction of sp³-hybridized carbons (Fsp3) is 0.200. The number of hydrogen-bond donors (Lipinski definition) is 1. The second kappa shape index (κ2) is 5.90. The number of rotatable bonds is 3. The molecule has 0 bridgehead atoms. The number of aromatic nitrogens is 1. The molecule has 0 saturated heterocycles. The van der Waals surface area contributed by atoms with E-state index in [1.165, 1.54) is 24.7 Å². The van der Waals surface area contributed by atoms with Crippen molar-refractivity contribution in [3.8, 4) is 0 Å². The quantitative estimate of drug-likeness (QED) is 0.571. The Kier molecular flexibility index (Phi) is 4.80. The summed E-state index contributed by atoms with van der Waals surface area (Å²) in [6.45, 7) is 0. The summed E-state index contributed by atoms with van der Waals surface area (Å²) in [5.74, 6) is -0.789. The topological polar surface area (TPSA) is 83.5 Å².